The highest BCUT2D eigenvalue weighted by molar-refractivity contribution is 5.95. The summed E-state index contributed by atoms with van der Waals surface area (Å²) in [7, 11) is 1.57. The largest absolute Gasteiger partial charge is 0.451 e. The number of hydrogen-bond acceptors (Lipinski definition) is 5. The summed E-state index contributed by atoms with van der Waals surface area (Å²) in [4.78, 5) is 4.75. The van der Waals surface area contributed by atoms with E-state index in [-0.39, 0.29) is 35.8 Å². The molecule has 0 spiro atoms. The molecule has 0 fully saturated rings. The summed E-state index contributed by atoms with van der Waals surface area (Å²) in [6, 6.07) is 0.390. The molecule has 0 saturated carbocycles. The Morgan fingerprint density at radius 1 is 1.23 bits per heavy atom. The van der Waals surface area contributed by atoms with Gasteiger partial charge in [-0.3, -0.25) is 5.10 Å². The summed E-state index contributed by atoms with van der Waals surface area (Å²) in [5.41, 5.74) is 5.87. The Balaban J connectivity index is 2.20. The topological polar surface area (TPSA) is 95.5 Å². The standard InChI is InChI=1S/C18H19F6N7/c1-4-31(3)15(7-11(25)5-10-6-13(20)14(21)8-12(10)19)28-27-9(2)16-26-17(30-29-16)18(22,23)24/h4,6,8,11H,1,5,7,25H2,2-3H3,(H,26,29,30)/b27-9+,28-15-. The average molecular weight is 447 g/mol. The molecule has 0 aliphatic carbocycles. The summed E-state index contributed by atoms with van der Waals surface area (Å²) in [5.74, 6) is -4.80. The van der Waals surface area contributed by atoms with Crippen molar-refractivity contribution in [2.24, 2.45) is 15.9 Å². The first-order valence-electron chi connectivity index (χ1n) is 8.77. The van der Waals surface area contributed by atoms with Gasteiger partial charge in [-0.05, 0) is 31.2 Å². The zero-order valence-electron chi connectivity index (χ0n) is 16.5. The number of benzene rings is 1. The number of H-pyrrole nitrogens is 1. The van der Waals surface area contributed by atoms with Gasteiger partial charge in [0.05, 0.1) is 0 Å². The summed E-state index contributed by atoms with van der Waals surface area (Å²) in [6.07, 6.45) is -3.43. The van der Waals surface area contributed by atoms with E-state index in [0.29, 0.717) is 6.07 Å². The van der Waals surface area contributed by atoms with Crippen molar-refractivity contribution in [2.75, 3.05) is 7.05 Å². The van der Waals surface area contributed by atoms with Gasteiger partial charge in [-0.1, -0.05) is 6.58 Å². The molecular formula is C18H19F6N7. The molecular weight excluding hydrogens is 428 g/mol. The lowest BCUT2D eigenvalue weighted by molar-refractivity contribution is -0.144. The van der Waals surface area contributed by atoms with Gasteiger partial charge in [-0.2, -0.15) is 23.4 Å². The van der Waals surface area contributed by atoms with E-state index in [1.165, 1.54) is 18.0 Å². The highest BCUT2D eigenvalue weighted by Gasteiger charge is 2.35. The molecule has 13 heteroatoms. The van der Waals surface area contributed by atoms with Crippen LogP contribution in [0.2, 0.25) is 0 Å². The predicted molar refractivity (Wildman–Crippen MR) is 102 cm³/mol. The van der Waals surface area contributed by atoms with Crippen LogP contribution in [-0.4, -0.2) is 44.7 Å². The lowest BCUT2D eigenvalue weighted by Gasteiger charge is -2.19. The van der Waals surface area contributed by atoms with Crippen molar-refractivity contribution in [3.63, 3.8) is 0 Å². The molecule has 1 heterocycles. The molecule has 2 rings (SSSR count). The number of nitrogens with one attached hydrogen (secondary N) is 1. The zero-order chi connectivity index (χ0) is 23.3. The van der Waals surface area contributed by atoms with Crippen LogP contribution in [0.25, 0.3) is 0 Å². The number of rotatable bonds is 7. The van der Waals surface area contributed by atoms with E-state index in [1.54, 1.807) is 12.1 Å². The maximum atomic E-state index is 13.8. The van der Waals surface area contributed by atoms with Crippen LogP contribution in [0.5, 0.6) is 0 Å². The Morgan fingerprint density at radius 3 is 2.45 bits per heavy atom. The third-order valence-corrected chi connectivity index (χ3v) is 4.09. The van der Waals surface area contributed by atoms with Crippen LogP contribution < -0.4 is 5.73 Å². The highest BCUT2D eigenvalue weighted by Crippen LogP contribution is 2.25. The molecule has 1 aromatic heterocycles. The second kappa shape index (κ2) is 9.73. The van der Waals surface area contributed by atoms with Gasteiger partial charge in [-0.15, -0.1) is 5.10 Å². The Kier molecular flexibility index (Phi) is 7.55. The normalized spacial score (nSPS) is 14.0. The van der Waals surface area contributed by atoms with Crippen LogP contribution in [0, 0.1) is 17.5 Å². The van der Waals surface area contributed by atoms with E-state index in [1.807, 2.05) is 0 Å². The molecule has 0 aliphatic heterocycles. The van der Waals surface area contributed by atoms with Gasteiger partial charge < -0.3 is 10.6 Å². The van der Waals surface area contributed by atoms with Crippen molar-refractivity contribution < 1.29 is 26.3 Å². The van der Waals surface area contributed by atoms with Crippen LogP contribution in [0.4, 0.5) is 26.3 Å². The van der Waals surface area contributed by atoms with Crippen LogP contribution in [0.3, 0.4) is 0 Å². The highest BCUT2D eigenvalue weighted by atomic mass is 19.4. The lowest BCUT2D eigenvalue weighted by Crippen LogP contribution is -2.32. The van der Waals surface area contributed by atoms with Crippen molar-refractivity contribution in [1.82, 2.24) is 20.1 Å². The summed E-state index contributed by atoms with van der Waals surface area (Å²) in [5, 5.41) is 13.0. The zero-order valence-corrected chi connectivity index (χ0v) is 16.5. The second-order valence-corrected chi connectivity index (χ2v) is 6.53. The van der Waals surface area contributed by atoms with Gasteiger partial charge in [0.1, 0.15) is 17.4 Å². The molecule has 0 saturated heterocycles. The van der Waals surface area contributed by atoms with Crippen molar-refractivity contribution in [3.8, 4) is 0 Å². The number of aromatic nitrogens is 3. The molecule has 2 aromatic rings. The van der Waals surface area contributed by atoms with Crippen molar-refractivity contribution >= 4 is 11.5 Å². The monoisotopic (exact) mass is 447 g/mol. The first-order valence-corrected chi connectivity index (χ1v) is 8.77. The molecule has 0 radical (unpaired) electrons. The van der Waals surface area contributed by atoms with E-state index in [4.69, 9.17) is 5.73 Å². The average Bonchev–Trinajstić information content (AvgIpc) is 3.19. The SMILES string of the molecule is C=CN(C)/C(CC(N)Cc1cc(F)c(F)cc1F)=N\N=C(/C)c1n[nH]c(C(F)(F)F)n1. The minimum absolute atomic E-state index is 0.0121. The fourth-order valence-electron chi connectivity index (χ4n) is 2.40. The molecule has 1 aromatic carbocycles. The Hall–Kier alpha value is -3.22. The number of nitrogens with zero attached hydrogens (tertiary/aromatic N) is 5. The fraction of sp³-hybridized carbons (Fsp3) is 0.333. The fourth-order valence-corrected chi connectivity index (χ4v) is 2.40. The number of aromatic amines is 1. The van der Waals surface area contributed by atoms with Crippen molar-refractivity contribution in [1.29, 1.82) is 0 Å². The van der Waals surface area contributed by atoms with Gasteiger partial charge in [0.15, 0.2) is 17.5 Å². The smallest absolute Gasteiger partial charge is 0.339 e. The second-order valence-electron chi connectivity index (χ2n) is 6.53. The molecule has 1 atom stereocenters. The number of halogens is 6. The van der Waals surface area contributed by atoms with Gasteiger partial charge in [0.25, 0.3) is 0 Å². The van der Waals surface area contributed by atoms with E-state index in [9.17, 15) is 26.3 Å². The van der Waals surface area contributed by atoms with Crippen LogP contribution >= 0.6 is 0 Å². The van der Waals surface area contributed by atoms with Crippen molar-refractivity contribution in [2.45, 2.75) is 32.0 Å². The Labute approximate surface area is 173 Å². The first kappa shape index (κ1) is 24.1. The minimum Gasteiger partial charge on any atom is -0.339 e. The van der Waals surface area contributed by atoms with Gasteiger partial charge >= 0.3 is 6.18 Å². The first-order chi connectivity index (χ1) is 14.4. The maximum absolute atomic E-state index is 13.8. The lowest BCUT2D eigenvalue weighted by atomic mass is 10.0. The number of amidine groups is 1. The molecule has 7 nitrogen and oxygen atoms in total. The Bertz CT molecular complexity index is 996. The van der Waals surface area contributed by atoms with Gasteiger partial charge in [0, 0.05) is 25.6 Å². The molecule has 0 aliphatic rings. The minimum atomic E-state index is -4.69. The van der Waals surface area contributed by atoms with Crippen LogP contribution in [0.1, 0.15) is 30.6 Å². The number of hydrogen-bond donors (Lipinski definition) is 2. The third kappa shape index (κ3) is 6.38. The third-order valence-electron chi connectivity index (χ3n) is 4.09. The summed E-state index contributed by atoms with van der Waals surface area (Å²) >= 11 is 0. The van der Waals surface area contributed by atoms with E-state index < -0.39 is 35.5 Å². The summed E-state index contributed by atoms with van der Waals surface area (Å²) < 4.78 is 78.2. The number of alkyl halides is 3. The predicted octanol–water partition coefficient (Wildman–Crippen LogP) is 3.40. The molecule has 0 bridgehead atoms. The molecule has 3 N–H and O–H groups in total. The van der Waals surface area contributed by atoms with Crippen LogP contribution in [-0.2, 0) is 12.6 Å². The number of nitrogens with two attached hydrogens (primary N) is 1. The molecule has 168 valence electrons. The molecule has 31 heavy (non-hydrogen) atoms. The maximum Gasteiger partial charge on any atom is 0.451 e. The van der Waals surface area contributed by atoms with Crippen LogP contribution in [0.15, 0.2) is 35.1 Å². The molecule has 1 unspecified atom stereocenters. The van der Waals surface area contributed by atoms with Gasteiger partial charge in [0.2, 0.25) is 5.82 Å². The summed E-state index contributed by atoms with van der Waals surface area (Å²) in [6.45, 7) is 4.93. The van der Waals surface area contributed by atoms with E-state index in [2.05, 4.69) is 26.9 Å². The van der Waals surface area contributed by atoms with E-state index in [0.717, 1.165) is 6.07 Å². The van der Waals surface area contributed by atoms with Crippen molar-refractivity contribution in [3.05, 3.63) is 59.6 Å². The van der Waals surface area contributed by atoms with Gasteiger partial charge in [-0.25, -0.2) is 18.2 Å². The Morgan fingerprint density at radius 2 is 1.87 bits per heavy atom. The molecule has 0 amide bonds. The van der Waals surface area contributed by atoms with E-state index >= 15 is 0 Å². The quantitative estimate of drug-likeness (QED) is 0.224.